The van der Waals surface area contributed by atoms with Crippen LogP contribution in [0.15, 0.2) is 0 Å². The molecule has 0 N–H and O–H groups in total. The molecule has 178 valence electrons. The van der Waals surface area contributed by atoms with Gasteiger partial charge in [-0.3, -0.25) is 19.2 Å². The summed E-state index contributed by atoms with van der Waals surface area (Å²) in [5, 5.41) is 0. The molecular formula is C27H40O5. The number of rotatable bonds is 5. The molecule has 32 heavy (non-hydrogen) atoms. The topological polar surface area (TPSA) is 77.5 Å². The summed E-state index contributed by atoms with van der Waals surface area (Å²) < 4.78 is 4.81. The Morgan fingerprint density at radius 2 is 1.78 bits per heavy atom. The van der Waals surface area contributed by atoms with Crippen molar-refractivity contribution in [1.82, 2.24) is 0 Å². The van der Waals surface area contributed by atoms with Crippen molar-refractivity contribution in [1.29, 1.82) is 0 Å². The van der Waals surface area contributed by atoms with Crippen LogP contribution >= 0.6 is 0 Å². The summed E-state index contributed by atoms with van der Waals surface area (Å²) >= 11 is 0. The molecule has 5 heteroatoms. The SMILES string of the molecule is CCC1C(=O)C2C(CCC3(C)C2CC(=O)C3C(C)CCC(=O)OC)C2(C)CCC(=O)CC12. The first kappa shape index (κ1) is 23.6. The number of ketones is 3. The summed E-state index contributed by atoms with van der Waals surface area (Å²) in [7, 11) is 1.40. The Labute approximate surface area is 192 Å². The first-order chi connectivity index (χ1) is 15.1. The van der Waals surface area contributed by atoms with Crippen molar-refractivity contribution in [3.63, 3.8) is 0 Å². The zero-order valence-electron chi connectivity index (χ0n) is 20.4. The molecule has 4 rings (SSSR count). The third-order valence-electron chi connectivity index (χ3n) is 10.5. The number of carbonyl (C=O) groups is 4. The lowest BCUT2D eigenvalue weighted by molar-refractivity contribution is -0.170. The lowest BCUT2D eigenvalue weighted by Gasteiger charge is -2.61. The van der Waals surface area contributed by atoms with Crippen LogP contribution in [0.5, 0.6) is 0 Å². The van der Waals surface area contributed by atoms with Gasteiger partial charge in [0.25, 0.3) is 0 Å². The van der Waals surface area contributed by atoms with Crippen molar-refractivity contribution >= 4 is 23.3 Å². The lowest BCUT2D eigenvalue weighted by Crippen LogP contribution is -2.60. The molecule has 5 nitrogen and oxygen atoms in total. The molecule has 4 saturated carbocycles. The van der Waals surface area contributed by atoms with E-state index in [1.165, 1.54) is 7.11 Å². The minimum atomic E-state index is -0.230. The van der Waals surface area contributed by atoms with Crippen LogP contribution in [-0.2, 0) is 23.9 Å². The molecule has 0 aliphatic heterocycles. The molecule has 0 spiro atoms. The second-order valence-electron chi connectivity index (χ2n) is 11.8. The van der Waals surface area contributed by atoms with Gasteiger partial charge in [0.1, 0.15) is 17.3 Å². The fourth-order valence-electron chi connectivity index (χ4n) is 8.87. The average Bonchev–Trinajstić information content (AvgIpc) is 3.03. The summed E-state index contributed by atoms with van der Waals surface area (Å²) in [5.74, 6) is 1.13. The van der Waals surface area contributed by atoms with E-state index >= 15 is 0 Å². The Morgan fingerprint density at radius 1 is 1.06 bits per heavy atom. The largest absolute Gasteiger partial charge is 0.469 e. The van der Waals surface area contributed by atoms with Gasteiger partial charge in [0.2, 0.25) is 0 Å². The minimum Gasteiger partial charge on any atom is -0.469 e. The molecular weight excluding hydrogens is 404 g/mol. The van der Waals surface area contributed by atoms with Gasteiger partial charge < -0.3 is 4.74 Å². The zero-order chi connectivity index (χ0) is 23.4. The molecule has 0 aromatic heterocycles. The van der Waals surface area contributed by atoms with Gasteiger partial charge >= 0.3 is 5.97 Å². The highest BCUT2D eigenvalue weighted by molar-refractivity contribution is 5.91. The van der Waals surface area contributed by atoms with Crippen LogP contribution < -0.4 is 0 Å². The number of hydrogen-bond acceptors (Lipinski definition) is 5. The summed E-state index contributed by atoms with van der Waals surface area (Å²) in [6.07, 6.45) is 6.25. The van der Waals surface area contributed by atoms with E-state index < -0.39 is 0 Å². The van der Waals surface area contributed by atoms with E-state index in [9.17, 15) is 19.2 Å². The van der Waals surface area contributed by atoms with Crippen LogP contribution in [0, 0.1) is 52.3 Å². The van der Waals surface area contributed by atoms with Crippen molar-refractivity contribution < 1.29 is 23.9 Å². The Morgan fingerprint density at radius 3 is 2.44 bits per heavy atom. The van der Waals surface area contributed by atoms with Gasteiger partial charge in [-0.1, -0.05) is 27.7 Å². The van der Waals surface area contributed by atoms with Crippen LogP contribution in [-0.4, -0.2) is 30.4 Å². The van der Waals surface area contributed by atoms with Crippen LogP contribution in [0.25, 0.3) is 0 Å². The molecule has 0 amide bonds. The van der Waals surface area contributed by atoms with E-state index in [1.807, 2.05) is 0 Å². The first-order valence-corrected chi connectivity index (χ1v) is 12.7. The minimum absolute atomic E-state index is 0.0200. The summed E-state index contributed by atoms with van der Waals surface area (Å²) in [4.78, 5) is 51.3. The van der Waals surface area contributed by atoms with Crippen LogP contribution in [0.4, 0.5) is 0 Å². The van der Waals surface area contributed by atoms with E-state index in [0.717, 1.165) is 25.7 Å². The third kappa shape index (κ3) is 3.40. The van der Waals surface area contributed by atoms with Gasteiger partial charge in [-0.2, -0.15) is 0 Å². The Bertz CT molecular complexity index is 817. The second-order valence-corrected chi connectivity index (χ2v) is 11.8. The summed E-state index contributed by atoms with van der Waals surface area (Å²) in [6.45, 7) is 8.76. The van der Waals surface area contributed by atoms with E-state index in [4.69, 9.17) is 4.74 Å². The van der Waals surface area contributed by atoms with Crippen molar-refractivity contribution in [3.8, 4) is 0 Å². The predicted octanol–water partition coefficient (Wildman–Crippen LogP) is 4.80. The van der Waals surface area contributed by atoms with E-state index in [2.05, 4.69) is 27.7 Å². The van der Waals surface area contributed by atoms with Gasteiger partial charge in [0, 0.05) is 43.4 Å². The number of fused-ring (bicyclic) bond motifs is 5. The molecule has 4 aliphatic rings. The quantitative estimate of drug-likeness (QED) is 0.569. The lowest BCUT2D eigenvalue weighted by atomic mass is 9.42. The van der Waals surface area contributed by atoms with Crippen LogP contribution in [0.2, 0.25) is 0 Å². The first-order valence-electron chi connectivity index (χ1n) is 12.7. The maximum Gasteiger partial charge on any atom is 0.305 e. The molecule has 0 heterocycles. The zero-order valence-corrected chi connectivity index (χ0v) is 20.4. The number of esters is 1. The third-order valence-corrected chi connectivity index (χ3v) is 10.5. The van der Waals surface area contributed by atoms with Gasteiger partial charge in [-0.05, 0) is 66.6 Å². The summed E-state index contributed by atoms with van der Waals surface area (Å²) in [6, 6.07) is 0. The van der Waals surface area contributed by atoms with Gasteiger partial charge in [-0.25, -0.2) is 0 Å². The predicted molar refractivity (Wildman–Crippen MR) is 121 cm³/mol. The smallest absolute Gasteiger partial charge is 0.305 e. The molecule has 9 atom stereocenters. The van der Waals surface area contributed by atoms with Crippen LogP contribution in [0.3, 0.4) is 0 Å². The van der Waals surface area contributed by atoms with Gasteiger partial charge in [0.05, 0.1) is 7.11 Å². The normalized spacial score (nSPS) is 44.5. The van der Waals surface area contributed by atoms with E-state index in [0.29, 0.717) is 43.7 Å². The van der Waals surface area contributed by atoms with E-state index in [-0.39, 0.29) is 64.0 Å². The molecule has 0 saturated heterocycles. The standard InChI is InChI=1S/C27H40O5/c1-6-17-19-13-16(28)9-11-26(19,3)18-10-12-27(4)20(23(18)25(17)31)14-21(29)24(27)15(2)7-8-22(30)32-5/h15,17-20,23-24H,6-14H2,1-5H3. The van der Waals surface area contributed by atoms with Gasteiger partial charge in [0.15, 0.2) is 0 Å². The average molecular weight is 445 g/mol. The number of ether oxygens (including phenoxy) is 1. The van der Waals surface area contributed by atoms with Crippen molar-refractivity contribution in [2.24, 2.45) is 52.3 Å². The van der Waals surface area contributed by atoms with Crippen molar-refractivity contribution in [2.45, 2.75) is 85.5 Å². The highest BCUT2D eigenvalue weighted by Crippen LogP contribution is 2.67. The maximum atomic E-state index is 13.9. The molecule has 0 aromatic carbocycles. The molecule has 0 aromatic rings. The second kappa shape index (κ2) is 8.36. The molecule has 9 unspecified atom stereocenters. The van der Waals surface area contributed by atoms with Crippen molar-refractivity contribution in [3.05, 3.63) is 0 Å². The van der Waals surface area contributed by atoms with Gasteiger partial charge in [-0.15, -0.1) is 0 Å². The molecule has 0 radical (unpaired) electrons. The molecule has 0 bridgehead atoms. The molecule has 4 aliphatic carbocycles. The Kier molecular flexibility index (Phi) is 6.17. The number of carbonyl (C=O) groups excluding carboxylic acids is 4. The maximum absolute atomic E-state index is 13.9. The highest BCUT2D eigenvalue weighted by atomic mass is 16.5. The monoisotopic (exact) mass is 444 g/mol. The fraction of sp³-hybridized carbons (Fsp3) is 0.852. The summed E-state index contributed by atoms with van der Waals surface area (Å²) in [5.41, 5.74) is -0.165. The Hall–Kier alpha value is -1.52. The highest BCUT2D eigenvalue weighted by Gasteiger charge is 2.66. The van der Waals surface area contributed by atoms with Crippen molar-refractivity contribution in [2.75, 3.05) is 7.11 Å². The number of hydrogen-bond donors (Lipinski definition) is 0. The van der Waals surface area contributed by atoms with Crippen LogP contribution in [0.1, 0.15) is 85.5 Å². The fourth-order valence-corrected chi connectivity index (χ4v) is 8.87. The Balaban J connectivity index is 1.65. The molecule has 4 fully saturated rings. The van der Waals surface area contributed by atoms with E-state index in [1.54, 1.807) is 0 Å². The number of Topliss-reactive ketones (excluding diaryl/α,β-unsaturated/α-hetero) is 3. The number of methoxy groups -OCH3 is 1.